The average molecular weight is 242 g/mol. The van der Waals surface area contributed by atoms with Gasteiger partial charge in [-0.1, -0.05) is 29.8 Å². The molecule has 1 saturated heterocycles. The molecule has 0 radical (unpaired) electrons. The van der Waals surface area contributed by atoms with Gasteiger partial charge in [0.25, 0.3) is 0 Å². The predicted molar refractivity (Wildman–Crippen MR) is 63.6 cm³/mol. The minimum absolute atomic E-state index is 0.139. The number of halogens is 1. The number of ether oxygens (including phenoxy) is 2. The number of benzene rings is 1. The molecular weight excluding hydrogens is 226 g/mol. The van der Waals surface area contributed by atoms with E-state index >= 15 is 0 Å². The van der Waals surface area contributed by atoms with Crippen molar-refractivity contribution in [3.8, 4) is 0 Å². The van der Waals surface area contributed by atoms with Gasteiger partial charge in [0, 0.05) is 23.7 Å². The molecule has 1 aromatic carbocycles. The van der Waals surface area contributed by atoms with Gasteiger partial charge in [-0.15, -0.1) is 0 Å². The van der Waals surface area contributed by atoms with Gasteiger partial charge in [-0.05, 0) is 12.5 Å². The van der Waals surface area contributed by atoms with Crippen LogP contribution >= 0.6 is 11.6 Å². The Kier molecular flexibility index (Phi) is 4.18. The Morgan fingerprint density at radius 2 is 2.31 bits per heavy atom. The molecule has 2 unspecified atom stereocenters. The van der Waals surface area contributed by atoms with Gasteiger partial charge >= 0.3 is 0 Å². The van der Waals surface area contributed by atoms with Crippen molar-refractivity contribution in [2.75, 3.05) is 19.8 Å². The first-order valence-corrected chi connectivity index (χ1v) is 5.86. The van der Waals surface area contributed by atoms with Gasteiger partial charge in [0.1, 0.15) is 0 Å². The molecule has 0 bridgehead atoms. The summed E-state index contributed by atoms with van der Waals surface area (Å²) in [6, 6.07) is 7.65. The van der Waals surface area contributed by atoms with Crippen molar-refractivity contribution in [3.05, 3.63) is 34.9 Å². The maximum absolute atomic E-state index is 6.12. The fourth-order valence-corrected chi connectivity index (χ4v) is 2.10. The second-order valence-corrected chi connectivity index (χ2v) is 4.27. The lowest BCUT2D eigenvalue weighted by molar-refractivity contribution is -0.0124. The van der Waals surface area contributed by atoms with Crippen LogP contribution in [0.5, 0.6) is 0 Å². The Balaban J connectivity index is 2.06. The van der Waals surface area contributed by atoms with Crippen LogP contribution in [-0.4, -0.2) is 25.9 Å². The SMILES string of the molecule is NCC(OC1CCOC1)c1ccccc1Cl. The maximum Gasteiger partial charge on any atom is 0.0966 e. The summed E-state index contributed by atoms with van der Waals surface area (Å²) in [5, 5.41) is 0.705. The van der Waals surface area contributed by atoms with Crippen LogP contribution in [0.4, 0.5) is 0 Å². The molecule has 0 amide bonds. The highest BCUT2D eigenvalue weighted by atomic mass is 35.5. The molecule has 1 aliphatic rings. The van der Waals surface area contributed by atoms with Crippen LogP contribution < -0.4 is 5.73 Å². The number of rotatable bonds is 4. The van der Waals surface area contributed by atoms with Gasteiger partial charge < -0.3 is 15.2 Å². The molecular formula is C12H16ClNO2. The number of hydrogen-bond acceptors (Lipinski definition) is 3. The quantitative estimate of drug-likeness (QED) is 0.879. The fraction of sp³-hybridized carbons (Fsp3) is 0.500. The standard InChI is InChI=1S/C12H16ClNO2/c13-11-4-2-1-3-10(11)12(7-14)16-9-5-6-15-8-9/h1-4,9,12H,5-8,14H2. The molecule has 0 aliphatic carbocycles. The van der Waals surface area contributed by atoms with E-state index in [4.69, 9.17) is 26.8 Å². The highest BCUT2D eigenvalue weighted by molar-refractivity contribution is 6.31. The van der Waals surface area contributed by atoms with Gasteiger partial charge in [-0.3, -0.25) is 0 Å². The van der Waals surface area contributed by atoms with E-state index in [1.54, 1.807) is 0 Å². The summed E-state index contributed by atoms with van der Waals surface area (Å²) < 4.78 is 11.2. The Labute approximate surface area is 100 Å². The molecule has 1 aliphatic heterocycles. The molecule has 0 saturated carbocycles. The van der Waals surface area contributed by atoms with E-state index < -0.39 is 0 Å². The van der Waals surface area contributed by atoms with E-state index in [9.17, 15) is 0 Å². The third-order valence-corrected chi connectivity index (χ3v) is 3.06. The molecule has 1 fully saturated rings. The van der Waals surface area contributed by atoms with Crippen LogP contribution in [0.3, 0.4) is 0 Å². The van der Waals surface area contributed by atoms with Crippen molar-refractivity contribution >= 4 is 11.6 Å². The average Bonchev–Trinajstić information content (AvgIpc) is 2.80. The van der Waals surface area contributed by atoms with Gasteiger partial charge in [-0.2, -0.15) is 0 Å². The molecule has 4 heteroatoms. The molecule has 16 heavy (non-hydrogen) atoms. The topological polar surface area (TPSA) is 44.5 Å². The first-order valence-electron chi connectivity index (χ1n) is 5.49. The van der Waals surface area contributed by atoms with Crippen LogP contribution in [0.25, 0.3) is 0 Å². The minimum Gasteiger partial charge on any atom is -0.379 e. The summed E-state index contributed by atoms with van der Waals surface area (Å²) in [5.74, 6) is 0. The van der Waals surface area contributed by atoms with E-state index in [-0.39, 0.29) is 12.2 Å². The zero-order chi connectivity index (χ0) is 11.4. The van der Waals surface area contributed by atoms with Gasteiger partial charge in [-0.25, -0.2) is 0 Å². The van der Waals surface area contributed by atoms with Gasteiger partial charge in [0.15, 0.2) is 0 Å². The van der Waals surface area contributed by atoms with Crippen LogP contribution in [0, 0.1) is 0 Å². The van der Waals surface area contributed by atoms with Gasteiger partial charge in [0.05, 0.1) is 18.8 Å². The largest absolute Gasteiger partial charge is 0.379 e. The first-order chi connectivity index (χ1) is 7.81. The van der Waals surface area contributed by atoms with Crippen LogP contribution in [0.2, 0.25) is 5.02 Å². The van der Waals surface area contributed by atoms with Crippen molar-refractivity contribution in [1.82, 2.24) is 0 Å². The molecule has 3 nitrogen and oxygen atoms in total. The third kappa shape index (κ3) is 2.74. The summed E-state index contributed by atoms with van der Waals surface area (Å²) in [4.78, 5) is 0. The van der Waals surface area contributed by atoms with E-state index in [0.717, 1.165) is 18.6 Å². The zero-order valence-corrected chi connectivity index (χ0v) is 9.82. The Bertz CT molecular complexity index is 340. The lowest BCUT2D eigenvalue weighted by Gasteiger charge is -2.21. The second-order valence-electron chi connectivity index (χ2n) is 3.87. The Morgan fingerprint density at radius 3 is 2.94 bits per heavy atom. The number of hydrogen-bond donors (Lipinski definition) is 1. The molecule has 2 rings (SSSR count). The second kappa shape index (κ2) is 5.64. The van der Waals surface area contributed by atoms with E-state index in [2.05, 4.69) is 0 Å². The number of nitrogens with two attached hydrogens (primary N) is 1. The highest BCUT2D eigenvalue weighted by Gasteiger charge is 2.22. The molecule has 2 atom stereocenters. The molecule has 1 heterocycles. The Morgan fingerprint density at radius 1 is 1.50 bits per heavy atom. The summed E-state index contributed by atoms with van der Waals surface area (Å²) in [6.45, 7) is 1.85. The van der Waals surface area contributed by atoms with E-state index in [1.807, 2.05) is 24.3 Å². The van der Waals surface area contributed by atoms with Crippen LogP contribution in [-0.2, 0) is 9.47 Å². The molecule has 0 aromatic heterocycles. The first kappa shape index (κ1) is 11.9. The minimum atomic E-state index is -0.139. The van der Waals surface area contributed by atoms with Crippen LogP contribution in [0.1, 0.15) is 18.1 Å². The summed E-state index contributed by atoms with van der Waals surface area (Å²) in [6.07, 6.45) is 0.936. The van der Waals surface area contributed by atoms with Gasteiger partial charge in [0.2, 0.25) is 0 Å². The highest BCUT2D eigenvalue weighted by Crippen LogP contribution is 2.27. The molecule has 0 spiro atoms. The fourth-order valence-electron chi connectivity index (χ4n) is 1.84. The van der Waals surface area contributed by atoms with Crippen molar-refractivity contribution < 1.29 is 9.47 Å². The molecule has 2 N–H and O–H groups in total. The van der Waals surface area contributed by atoms with Crippen molar-refractivity contribution in [2.24, 2.45) is 5.73 Å². The van der Waals surface area contributed by atoms with E-state index in [0.29, 0.717) is 18.2 Å². The maximum atomic E-state index is 6.12. The predicted octanol–water partition coefficient (Wildman–Crippen LogP) is 2.15. The van der Waals surface area contributed by atoms with Crippen molar-refractivity contribution in [2.45, 2.75) is 18.6 Å². The zero-order valence-electron chi connectivity index (χ0n) is 9.06. The normalized spacial score (nSPS) is 22.2. The van der Waals surface area contributed by atoms with Crippen molar-refractivity contribution in [3.63, 3.8) is 0 Å². The van der Waals surface area contributed by atoms with Crippen molar-refractivity contribution in [1.29, 1.82) is 0 Å². The summed E-state index contributed by atoms with van der Waals surface area (Å²) >= 11 is 6.12. The lowest BCUT2D eigenvalue weighted by Crippen LogP contribution is -2.23. The molecule has 88 valence electrons. The molecule has 1 aromatic rings. The summed E-state index contributed by atoms with van der Waals surface area (Å²) in [5.41, 5.74) is 6.68. The van der Waals surface area contributed by atoms with E-state index in [1.165, 1.54) is 0 Å². The lowest BCUT2D eigenvalue weighted by atomic mass is 10.1. The monoisotopic (exact) mass is 241 g/mol. The Hall–Kier alpha value is -0.610. The summed E-state index contributed by atoms with van der Waals surface area (Å²) in [7, 11) is 0. The smallest absolute Gasteiger partial charge is 0.0966 e. The van der Waals surface area contributed by atoms with Crippen LogP contribution in [0.15, 0.2) is 24.3 Å². The third-order valence-electron chi connectivity index (χ3n) is 2.71.